The van der Waals surface area contributed by atoms with Crippen molar-refractivity contribution >= 4 is 43.5 Å². The van der Waals surface area contributed by atoms with Gasteiger partial charge in [-0.15, -0.1) is 0 Å². The number of ether oxygens (including phenoxy) is 1. The molecule has 0 saturated heterocycles. The van der Waals surface area contributed by atoms with Gasteiger partial charge in [-0.05, 0) is 80.8 Å². The molecule has 0 radical (unpaired) electrons. The summed E-state index contributed by atoms with van der Waals surface area (Å²) in [5.74, 6) is -0.596. The molecular weight excluding hydrogens is 666 g/mol. The lowest BCUT2D eigenvalue weighted by atomic mass is 10.0. The molecule has 1 atom stereocenters. The van der Waals surface area contributed by atoms with Crippen molar-refractivity contribution in [1.29, 1.82) is 0 Å². The van der Waals surface area contributed by atoms with E-state index in [0.29, 0.717) is 5.75 Å². The third-order valence-electron chi connectivity index (χ3n) is 7.22. The smallest absolute Gasteiger partial charge is 0.264 e. The first-order valence-electron chi connectivity index (χ1n) is 14.9. The maximum absolute atomic E-state index is 14.7. The molecule has 4 aromatic rings. The number of anilines is 1. The second-order valence-corrected chi connectivity index (χ2v) is 14.9. The Hall–Kier alpha value is -4.15. The molecule has 0 aliphatic rings. The predicted molar refractivity (Wildman–Crippen MR) is 185 cm³/mol. The lowest BCUT2D eigenvalue weighted by Crippen LogP contribution is -2.56. The highest BCUT2D eigenvalue weighted by molar-refractivity contribution is 9.10. The molecule has 46 heavy (non-hydrogen) atoms. The van der Waals surface area contributed by atoms with E-state index >= 15 is 0 Å². The van der Waals surface area contributed by atoms with Crippen LogP contribution in [-0.4, -0.2) is 50.4 Å². The molecule has 0 bridgehead atoms. The number of carbonyl (C=O) groups excluding carboxylic acids is 2. The number of aryl methyl sites for hydroxylation is 1. The Labute approximate surface area is 280 Å². The first-order chi connectivity index (χ1) is 21.8. The van der Waals surface area contributed by atoms with Crippen molar-refractivity contribution < 1.29 is 22.7 Å². The molecule has 8 nitrogen and oxygen atoms in total. The van der Waals surface area contributed by atoms with Gasteiger partial charge >= 0.3 is 0 Å². The van der Waals surface area contributed by atoms with Gasteiger partial charge in [-0.25, -0.2) is 8.42 Å². The summed E-state index contributed by atoms with van der Waals surface area (Å²) in [7, 11) is -2.79. The van der Waals surface area contributed by atoms with Crippen LogP contribution in [0.4, 0.5) is 5.69 Å². The van der Waals surface area contributed by atoms with Crippen LogP contribution in [0.3, 0.4) is 0 Å². The second-order valence-electron chi connectivity index (χ2n) is 12.1. The molecule has 0 aliphatic carbocycles. The zero-order chi connectivity index (χ0) is 33.5. The summed E-state index contributed by atoms with van der Waals surface area (Å²) in [6.45, 7) is 6.97. The molecule has 0 aromatic heterocycles. The van der Waals surface area contributed by atoms with Crippen LogP contribution in [0.2, 0.25) is 0 Å². The zero-order valence-electron chi connectivity index (χ0n) is 26.7. The van der Waals surface area contributed by atoms with E-state index in [4.69, 9.17) is 4.74 Å². The van der Waals surface area contributed by atoms with E-state index in [1.54, 1.807) is 30.3 Å². The minimum Gasteiger partial charge on any atom is -0.495 e. The van der Waals surface area contributed by atoms with E-state index in [-0.39, 0.29) is 29.5 Å². The number of benzene rings is 4. The van der Waals surface area contributed by atoms with Gasteiger partial charge in [0.15, 0.2) is 0 Å². The Morgan fingerprint density at radius 2 is 1.50 bits per heavy atom. The van der Waals surface area contributed by atoms with Crippen LogP contribution in [0.5, 0.6) is 5.75 Å². The van der Waals surface area contributed by atoms with Crippen LogP contribution in [0.25, 0.3) is 0 Å². The Balaban J connectivity index is 1.86. The number of hydrogen-bond acceptors (Lipinski definition) is 5. The van der Waals surface area contributed by atoms with Gasteiger partial charge in [-0.3, -0.25) is 13.9 Å². The van der Waals surface area contributed by atoms with E-state index in [1.165, 1.54) is 24.1 Å². The first kappa shape index (κ1) is 34.7. The van der Waals surface area contributed by atoms with Crippen LogP contribution in [0, 0.1) is 6.92 Å². The van der Waals surface area contributed by atoms with Crippen molar-refractivity contribution in [3.05, 3.63) is 124 Å². The number of sulfonamides is 1. The van der Waals surface area contributed by atoms with Crippen LogP contribution in [0.15, 0.2) is 112 Å². The molecule has 0 fully saturated rings. The van der Waals surface area contributed by atoms with Crippen LogP contribution < -0.4 is 14.4 Å². The summed E-state index contributed by atoms with van der Waals surface area (Å²) in [5, 5.41) is 3.04. The number of methoxy groups -OCH3 is 1. The van der Waals surface area contributed by atoms with Crippen molar-refractivity contribution in [2.45, 2.75) is 57.1 Å². The Bertz CT molecular complexity index is 1760. The lowest BCUT2D eigenvalue weighted by Gasteiger charge is -2.35. The SMILES string of the molecule is COc1ccc(C)cc1N(CC(=O)N(Cc1cccc(Br)c1)C(Cc1ccccc1)C(=O)NC(C)(C)C)S(=O)(=O)c1ccccc1. The van der Waals surface area contributed by atoms with Gasteiger partial charge < -0.3 is 15.0 Å². The number of hydrogen-bond donors (Lipinski definition) is 1. The van der Waals surface area contributed by atoms with Gasteiger partial charge in [0.1, 0.15) is 18.3 Å². The average Bonchev–Trinajstić information content (AvgIpc) is 3.01. The molecule has 2 amide bonds. The summed E-state index contributed by atoms with van der Waals surface area (Å²) in [5.41, 5.74) is 2.07. The quantitative estimate of drug-likeness (QED) is 0.181. The third kappa shape index (κ3) is 8.98. The van der Waals surface area contributed by atoms with Gasteiger partial charge in [0, 0.05) is 23.0 Å². The first-order valence-corrected chi connectivity index (χ1v) is 17.1. The molecule has 4 aromatic carbocycles. The third-order valence-corrected chi connectivity index (χ3v) is 9.49. The Morgan fingerprint density at radius 1 is 0.870 bits per heavy atom. The number of nitrogens with zero attached hydrogens (tertiary/aromatic N) is 2. The van der Waals surface area contributed by atoms with Crippen LogP contribution in [0.1, 0.15) is 37.5 Å². The molecule has 1 N–H and O–H groups in total. The van der Waals surface area contributed by atoms with Crippen molar-refractivity contribution in [1.82, 2.24) is 10.2 Å². The van der Waals surface area contributed by atoms with Gasteiger partial charge in [0.05, 0.1) is 17.7 Å². The minimum absolute atomic E-state index is 0.0243. The summed E-state index contributed by atoms with van der Waals surface area (Å²) in [6.07, 6.45) is 0.224. The largest absolute Gasteiger partial charge is 0.495 e. The maximum Gasteiger partial charge on any atom is 0.264 e. The zero-order valence-corrected chi connectivity index (χ0v) is 29.1. The number of amides is 2. The van der Waals surface area contributed by atoms with Gasteiger partial charge in [-0.1, -0.05) is 82.7 Å². The molecule has 0 saturated carbocycles. The summed E-state index contributed by atoms with van der Waals surface area (Å²) in [4.78, 5) is 30.2. The summed E-state index contributed by atoms with van der Waals surface area (Å²) >= 11 is 3.51. The Morgan fingerprint density at radius 3 is 2.11 bits per heavy atom. The highest BCUT2D eigenvalue weighted by Gasteiger charge is 2.36. The number of carbonyl (C=O) groups is 2. The Kier molecular flexibility index (Phi) is 11.3. The fourth-order valence-electron chi connectivity index (χ4n) is 5.07. The highest BCUT2D eigenvalue weighted by atomic mass is 79.9. The molecule has 0 heterocycles. The average molecular weight is 707 g/mol. The number of halogens is 1. The van der Waals surface area contributed by atoms with E-state index in [0.717, 1.165) is 25.5 Å². The van der Waals surface area contributed by atoms with Crippen LogP contribution in [-0.2, 0) is 32.6 Å². The van der Waals surface area contributed by atoms with Crippen molar-refractivity contribution in [3.63, 3.8) is 0 Å². The fraction of sp³-hybridized carbons (Fsp3) is 0.278. The molecule has 10 heteroatoms. The van der Waals surface area contributed by atoms with E-state index < -0.39 is 34.1 Å². The molecule has 242 valence electrons. The van der Waals surface area contributed by atoms with Crippen molar-refractivity contribution in [2.75, 3.05) is 18.0 Å². The molecule has 4 rings (SSSR count). The van der Waals surface area contributed by atoms with Crippen molar-refractivity contribution in [3.8, 4) is 5.75 Å². The summed E-state index contributed by atoms with van der Waals surface area (Å²) < 4.78 is 36.0. The number of nitrogens with one attached hydrogen (secondary N) is 1. The molecule has 0 spiro atoms. The number of rotatable bonds is 12. The highest BCUT2D eigenvalue weighted by Crippen LogP contribution is 2.34. The lowest BCUT2D eigenvalue weighted by molar-refractivity contribution is -0.140. The molecule has 0 aliphatic heterocycles. The normalized spacial score (nSPS) is 12.2. The van der Waals surface area contributed by atoms with Crippen LogP contribution >= 0.6 is 15.9 Å². The summed E-state index contributed by atoms with van der Waals surface area (Å²) in [6, 6.07) is 29.1. The second kappa shape index (κ2) is 15.0. The van der Waals surface area contributed by atoms with E-state index in [1.807, 2.05) is 88.4 Å². The standard InChI is InChI=1S/C36H40BrN3O5S/c1-26-19-20-33(45-5)31(21-26)40(46(43,44)30-17-10-7-11-18-30)25-34(41)39(24-28-15-12-16-29(37)22-28)32(35(42)38-36(2,3)4)23-27-13-8-6-9-14-27/h6-22,32H,23-25H2,1-5H3,(H,38,42). The topological polar surface area (TPSA) is 96.0 Å². The van der Waals surface area contributed by atoms with Gasteiger partial charge in [0.25, 0.3) is 10.0 Å². The minimum atomic E-state index is -4.25. The predicted octanol–water partition coefficient (Wildman–Crippen LogP) is 6.52. The maximum atomic E-state index is 14.7. The molecule has 1 unspecified atom stereocenters. The molecular formula is C36H40BrN3O5S. The van der Waals surface area contributed by atoms with E-state index in [9.17, 15) is 18.0 Å². The van der Waals surface area contributed by atoms with E-state index in [2.05, 4.69) is 21.2 Å². The fourth-order valence-corrected chi connectivity index (χ4v) is 6.95. The van der Waals surface area contributed by atoms with Gasteiger partial charge in [0.2, 0.25) is 11.8 Å². The monoisotopic (exact) mass is 705 g/mol. The van der Waals surface area contributed by atoms with Crippen molar-refractivity contribution in [2.24, 2.45) is 0 Å². The van der Waals surface area contributed by atoms with Gasteiger partial charge in [-0.2, -0.15) is 0 Å².